The molecule has 0 unspecified atom stereocenters. The summed E-state index contributed by atoms with van der Waals surface area (Å²) >= 11 is 0. The number of nitrogens with two attached hydrogens (primary N) is 1. The molecule has 1 saturated heterocycles. The van der Waals surface area contributed by atoms with Gasteiger partial charge in [0, 0.05) is 23.5 Å². The van der Waals surface area contributed by atoms with Crippen LogP contribution in [0.2, 0.25) is 0 Å². The van der Waals surface area contributed by atoms with E-state index >= 15 is 0 Å². The van der Waals surface area contributed by atoms with Gasteiger partial charge >= 0.3 is 0 Å². The number of pyridine rings is 1. The number of aromatic amines is 2. The number of likely N-dealkylation sites (tertiary alicyclic amines) is 1. The maximum Gasteiger partial charge on any atom is 0.265 e. The molecule has 4 rings (SSSR count). The van der Waals surface area contributed by atoms with Crippen LogP contribution in [0.15, 0.2) is 41.2 Å². The largest absolute Gasteiger partial charge is 0.364 e. The van der Waals surface area contributed by atoms with E-state index < -0.39 is 5.91 Å². The van der Waals surface area contributed by atoms with Gasteiger partial charge in [-0.1, -0.05) is 12.5 Å². The van der Waals surface area contributed by atoms with Crippen LogP contribution in [0.1, 0.15) is 42.2 Å². The number of primary amides is 1. The second-order valence-electron chi connectivity index (χ2n) is 7.40. The first kappa shape index (κ1) is 17.5. The van der Waals surface area contributed by atoms with Crippen molar-refractivity contribution >= 4 is 16.8 Å². The van der Waals surface area contributed by atoms with Crippen molar-refractivity contribution in [1.82, 2.24) is 14.9 Å². The summed E-state index contributed by atoms with van der Waals surface area (Å²) in [6.45, 7) is 4.40. The quantitative estimate of drug-likeness (QED) is 0.664. The van der Waals surface area contributed by atoms with Crippen molar-refractivity contribution in [2.45, 2.75) is 38.8 Å². The number of amides is 1. The van der Waals surface area contributed by atoms with Gasteiger partial charge in [-0.2, -0.15) is 0 Å². The molecule has 1 aromatic carbocycles. The molecule has 1 amide bonds. The summed E-state index contributed by atoms with van der Waals surface area (Å²) in [5.74, 6) is -0.646. The van der Waals surface area contributed by atoms with E-state index in [4.69, 9.17) is 5.73 Å². The zero-order valence-electron chi connectivity index (χ0n) is 15.4. The first-order valence-corrected chi connectivity index (χ1v) is 9.40. The number of benzene rings is 1. The van der Waals surface area contributed by atoms with Gasteiger partial charge in [0.2, 0.25) is 0 Å². The molecule has 2 aromatic heterocycles. The minimum absolute atomic E-state index is 0.109. The molecule has 0 aliphatic carbocycles. The molecule has 0 bridgehead atoms. The van der Waals surface area contributed by atoms with Gasteiger partial charge in [-0.3, -0.25) is 14.5 Å². The van der Waals surface area contributed by atoms with E-state index in [1.165, 1.54) is 30.9 Å². The van der Waals surface area contributed by atoms with E-state index in [2.05, 4.69) is 40.0 Å². The SMILES string of the molecule is C[C@H]1CCCCN1Cc1ccc2[nH]c(-c3ccc(C(N)=O)[nH]c3=O)cc2c1. The fraction of sp³-hybridized carbons (Fsp3) is 0.333. The van der Waals surface area contributed by atoms with Crippen LogP contribution in [-0.2, 0) is 6.54 Å². The van der Waals surface area contributed by atoms with Crippen LogP contribution in [0.3, 0.4) is 0 Å². The molecule has 6 heteroatoms. The van der Waals surface area contributed by atoms with Crippen molar-refractivity contribution in [3.8, 4) is 11.3 Å². The van der Waals surface area contributed by atoms with E-state index in [0.717, 1.165) is 29.7 Å². The third kappa shape index (κ3) is 3.53. The number of carbonyl (C=O) groups excluding carboxylic acids is 1. The first-order chi connectivity index (χ1) is 13.0. The monoisotopic (exact) mass is 364 g/mol. The molecule has 140 valence electrons. The lowest BCUT2D eigenvalue weighted by Gasteiger charge is -2.33. The highest BCUT2D eigenvalue weighted by Gasteiger charge is 2.18. The average molecular weight is 364 g/mol. The Kier molecular flexibility index (Phi) is 4.58. The Morgan fingerprint density at radius 2 is 2.04 bits per heavy atom. The van der Waals surface area contributed by atoms with Crippen molar-refractivity contribution in [1.29, 1.82) is 0 Å². The van der Waals surface area contributed by atoms with Crippen LogP contribution in [0, 0.1) is 0 Å². The summed E-state index contributed by atoms with van der Waals surface area (Å²) < 4.78 is 0. The van der Waals surface area contributed by atoms with Gasteiger partial charge in [-0.25, -0.2) is 0 Å². The molecule has 0 saturated carbocycles. The van der Waals surface area contributed by atoms with Gasteiger partial charge < -0.3 is 15.7 Å². The molecule has 3 heterocycles. The fourth-order valence-electron chi connectivity index (χ4n) is 3.88. The lowest BCUT2D eigenvalue weighted by Crippen LogP contribution is -2.36. The molecule has 6 nitrogen and oxygen atoms in total. The number of hydrogen-bond donors (Lipinski definition) is 3. The van der Waals surface area contributed by atoms with Crippen LogP contribution >= 0.6 is 0 Å². The van der Waals surface area contributed by atoms with Gasteiger partial charge in [0.1, 0.15) is 5.69 Å². The van der Waals surface area contributed by atoms with Crippen molar-refractivity contribution < 1.29 is 4.79 Å². The molecule has 0 spiro atoms. The molecule has 4 N–H and O–H groups in total. The lowest BCUT2D eigenvalue weighted by atomic mass is 10.0. The first-order valence-electron chi connectivity index (χ1n) is 9.40. The number of piperidine rings is 1. The average Bonchev–Trinajstić information content (AvgIpc) is 3.06. The third-order valence-electron chi connectivity index (χ3n) is 5.48. The Labute approximate surface area is 157 Å². The molecule has 1 aliphatic rings. The topological polar surface area (TPSA) is 95.0 Å². The Morgan fingerprint density at radius 3 is 2.78 bits per heavy atom. The minimum Gasteiger partial charge on any atom is -0.364 e. The molecule has 3 aromatic rings. The Bertz CT molecular complexity index is 1050. The molecule has 0 radical (unpaired) electrons. The molecule has 1 aliphatic heterocycles. The Hall–Kier alpha value is -2.86. The molecular weight excluding hydrogens is 340 g/mol. The van der Waals surface area contributed by atoms with Gasteiger partial charge in [-0.15, -0.1) is 0 Å². The number of H-pyrrole nitrogens is 2. The summed E-state index contributed by atoms with van der Waals surface area (Å²) in [6.07, 6.45) is 3.85. The number of aromatic nitrogens is 2. The van der Waals surface area contributed by atoms with E-state index in [0.29, 0.717) is 11.6 Å². The third-order valence-corrected chi connectivity index (χ3v) is 5.48. The highest BCUT2D eigenvalue weighted by molar-refractivity contribution is 5.91. The highest BCUT2D eigenvalue weighted by atomic mass is 16.1. The molecule has 27 heavy (non-hydrogen) atoms. The highest BCUT2D eigenvalue weighted by Crippen LogP contribution is 2.25. The summed E-state index contributed by atoms with van der Waals surface area (Å²) in [5.41, 5.74) is 8.47. The zero-order valence-corrected chi connectivity index (χ0v) is 15.4. The minimum atomic E-state index is -0.646. The summed E-state index contributed by atoms with van der Waals surface area (Å²) in [6, 6.07) is 12.2. The predicted octanol–water partition coefficient (Wildman–Crippen LogP) is 3.00. The molecule has 1 atom stereocenters. The van der Waals surface area contributed by atoms with Crippen molar-refractivity contribution in [2.75, 3.05) is 6.54 Å². The van der Waals surface area contributed by atoms with Crippen LogP contribution in [-0.4, -0.2) is 33.4 Å². The number of nitrogens with zero attached hydrogens (tertiary/aromatic N) is 1. The van der Waals surface area contributed by atoms with E-state index in [9.17, 15) is 9.59 Å². The van der Waals surface area contributed by atoms with Crippen LogP contribution in [0.25, 0.3) is 22.2 Å². The lowest BCUT2D eigenvalue weighted by molar-refractivity contribution is 0.0995. The second kappa shape index (κ2) is 7.04. The predicted molar refractivity (Wildman–Crippen MR) is 107 cm³/mol. The van der Waals surface area contributed by atoms with Crippen LogP contribution in [0.4, 0.5) is 0 Å². The fourth-order valence-corrected chi connectivity index (χ4v) is 3.88. The van der Waals surface area contributed by atoms with Gasteiger partial charge in [-0.05, 0) is 62.2 Å². The maximum atomic E-state index is 12.3. The van der Waals surface area contributed by atoms with E-state index in [1.54, 1.807) is 6.07 Å². The van der Waals surface area contributed by atoms with Crippen molar-refractivity contribution in [3.63, 3.8) is 0 Å². The Balaban J connectivity index is 1.63. The Morgan fingerprint density at radius 1 is 1.19 bits per heavy atom. The summed E-state index contributed by atoms with van der Waals surface area (Å²) in [4.78, 5) is 31.9. The number of fused-ring (bicyclic) bond motifs is 1. The normalized spacial score (nSPS) is 18.0. The number of hydrogen-bond acceptors (Lipinski definition) is 3. The number of carbonyl (C=O) groups is 1. The van der Waals surface area contributed by atoms with Crippen LogP contribution in [0.5, 0.6) is 0 Å². The van der Waals surface area contributed by atoms with Crippen LogP contribution < -0.4 is 11.3 Å². The standard InChI is InChI=1S/C21H24N4O2/c1-13-4-2-3-9-25(13)12-14-5-7-17-15(10-14)11-19(23-17)16-6-8-18(20(22)26)24-21(16)27/h5-8,10-11,13,23H,2-4,9,12H2,1H3,(H2,22,26)(H,24,27)/t13-/m0/s1. The van der Waals surface area contributed by atoms with Gasteiger partial charge in [0.25, 0.3) is 11.5 Å². The summed E-state index contributed by atoms with van der Waals surface area (Å²) in [5, 5.41) is 1.07. The number of nitrogens with one attached hydrogen (secondary N) is 2. The zero-order chi connectivity index (χ0) is 19.0. The van der Waals surface area contributed by atoms with Gasteiger partial charge in [0.05, 0.1) is 11.3 Å². The van der Waals surface area contributed by atoms with Gasteiger partial charge in [0.15, 0.2) is 0 Å². The smallest absolute Gasteiger partial charge is 0.265 e. The number of rotatable bonds is 4. The summed E-state index contributed by atoms with van der Waals surface area (Å²) in [7, 11) is 0. The van der Waals surface area contributed by atoms with E-state index in [-0.39, 0.29) is 11.3 Å². The van der Waals surface area contributed by atoms with Crippen molar-refractivity contribution in [2.24, 2.45) is 5.73 Å². The van der Waals surface area contributed by atoms with E-state index in [1.807, 2.05) is 6.07 Å². The maximum absolute atomic E-state index is 12.3. The molecular formula is C21H24N4O2. The molecule has 1 fully saturated rings. The van der Waals surface area contributed by atoms with Crippen molar-refractivity contribution in [3.05, 3.63) is 58.0 Å². The second-order valence-corrected chi connectivity index (χ2v) is 7.40.